The first-order chi connectivity index (χ1) is 27.8. The van der Waals surface area contributed by atoms with E-state index in [0.29, 0.717) is 17.6 Å². The molecule has 0 unspecified atom stereocenters. The van der Waals surface area contributed by atoms with Crippen LogP contribution in [0.3, 0.4) is 0 Å². The molecule has 5 nitrogen and oxygen atoms in total. The molecular formula is C51H33N5. The third-order valence-electron chi connectivity index (χ3n) is 10.8. The molecular weight excluding hydrogens is 683 g/mol. The minimum atomic E-state index is 0.570. The van der Waals surface area contributed by atoms with Crippen molar-refractivity contribution in [2.75, 3.05) is 0 Å². The van der Waals surface area contributed by atoms with Gasteiger partial charge in [-0.15, -0.1) is 0 Å². The molecule has 0 fully saturated rings. The van der Waals surface area contributed by atoms with E-state index in [4.69, 9.17) is 15.0 Å². The normalized spacial score (nSPS) is 11.6. The Labute approximate surface area is 323 Å². The van der Waals surface area contributed by atoms with E-state index in [-0.39, 0.29) is 0 Å². The third-order valence-corrected chi connectivity index (χ3v) is 10.8. The van der Waals surface area contributed by atoms with Crippen LogP contribution in [0.15, 0.2) is 200 Å². The van der Waals surface area contributed by atoms with Gasteiger partial charge in [0.1, 0.15) is 0 Å². The van der Waals surface area contributed by atoms with Gasteiger partial charge >= 0.3 is 0 Å². The van der Waals surface area contributed by atoms with Crippen molar-refractivity contribution in [1.82, 2.24) is 24.1 Å². The van der Waals surface area contributed by atoms with Crippen LogP contribution >= 0.6 is 0 Å². The second kappa shape index (κ2) is 13.0. The van der Waals surface area contributed by atoms with E-state index >= 15 is 0 Å². The molecule has 0 saturated heterocycles. The van der Waals surface area contributed by atoms with Gasteiger partial charge in [-0.3, -0.25) is 4.57 Å². The summed E-state index contributed by atoms with van der Waals surface area (Å²) in [6.45, 7) is 0. The topological polar surface area (TPSA) is 48.5 Å². The van der Waals surface area contributed by atoms with Crippen LogP contribution in [0.4, 0.5) is 0 Å². The molecule has 0 aliphatic carbocycles. The highest BCUT2D eigenvalue weighted by atomic mass is 15.2. The quantitative estimate of drug-likeness (QED) is 0.172. The van der Waals surface area contributed by atoms with Gasteiger partial charge in [0, 0.05) is 38.4 Å². The summed E-state index contributed by atoms with van der Waals surface area (Å²) in [5, 5.41) is 4.59. The Kier molecular flexibility index (Phi) is 7.42. The van der Waals surface area contributed by atoms with Gasteiger partial charge in [-0.05, 0) is 58.7 Å². The Bertz CT molecular complexity index is 3240. The smallest absolute Gasteiger partial charge is 0.238 e. The number of benzene rings is 8. The highest BCUT2D eigenvalue weighted by Gasteiger charge is 2.23. The fraction of sp³-hybridized carbons (Fsp3) is 0. The fourth-order valence-electron chi connectivity index (χ4n) is 8.23. The maximum absolute atomic E-state index is 5.34. The Morgan fingerprint density at radius 2 is 0.821 bits per heavy atom. The van der Waals surface area contributed by atoms with Crippen molar-refractivity contribution in [3.05, 3.63) is 200 Å². The summed E-state index contributed by atoms with van der Waals surface area (Å²) in [5.74, 6) is 1.81. The zero-order valence-corrected chi connectivity index (χ0v) is 30.3. The van der Waals surface area contributed by atoms with E-state index in [0.717, 1.165) is 71.6 Å². The van der Waals surface area contributed by atoms with Gasteiger partial charge in [-0.2, -0.15) is 9.97 Å². The standard InChI is InChI=1S/C51H33N5/c1-4-16-34(17-5-1)37-22-14-24-39(32-37)50-52-49(36-20-8-3-9-21-36)53-51(54-50)56-44-28-12-10-26-41(44)42-30-31-46-47(48(42)56)43-27-11-13-29-45(43)55(46)40-25-15-23-38(33-40)35-18-6-2-7-19-35/h1-33H. The van der Waals surface area contributed by atoms with Crippen LogP contribution < -0.4 is 0 Å². The molecule has 0 bridgehead atoms. The van der Waals surface area contributed by atoms with Crippen molar-refractivity contribution < 1.29 is 0 Å². The molecule has 0 aliphatic heterocycles. The number of aromatic nitrogens is 5. The zero-order valence-electron chi connectivity index (χ0n) is 30.3. The van der Waals surface area contributed by atoms with Crippen molar-refractivity contribution in [1.29, 1.82) is 0 Å². The number of para-hydroxylation sites is 2. The molecule has 56 heavy (non-hydrogen) atoms. The molecule has 3 heterocycles. The summed E-state index contributed by atoms with van der Waals surface area (Å²) >= 11 is 0. The van der Waals surface area contributed by atoms with E-state index < -0.39 is 0 Å². The predicted molar refractivity (Wildman–Crippen MR) is 230 cm³/mol. The molecule has 0 atom stereocenters. The molecule has 11 rings (SSSR count). The van der Waals surface area contributed by atoms with Crippen LogP contribution in [0.5, 0.6) is 0 Å². The molecule has 5 heteroatoms. The fourth-order valence-corrected chi connectivity index (χ4v) is 8.23. The molecule has 0 spiro atoms. The summed E-state index contributed by atoms with van der Waals surface area (Å²) < 4.78 is 4.64. The van der Waals surface area contributed by atoms with Crippen molar-refractivity contribution in [3.63, 3.8) is 0 Å². The van der Waals surface area contributed by atoms with Crippen molar-refractivity contribution in [2.45, 2.75) is 0 Å². The van der Waals surface area contributed by atoms with Crippen molar-refractivity contribution >= 4 is 43.6 Å². The Balaban J connectivity index is 1.21. The van der Waals surface area contributed by atoms with Gasteiger partial charge in [0.05, 0.1) is 22.1 Å². The minimum absolute atomic E-state index is 0.570. The van der Waals surface area contributed by atoms with Crippen molar-refractivity contribution in [3.8, 4) is 56.7 Å². The summed E-state index contributed by atoms with van der Waals surface area (Å²) in [4.78, 5) is 15.7. The van der Waals surface area contributed by atoms with Gasteiger partial charge in [0.15, 0.2) is 11.6 Å². The SMILES string of the molecule is c1ccc(-c2cccc(-c3nc(-c4ccccc4)nc(-n4c5ccccc5c5ccc6c(c7ccccc7n6-c6cccc(-c7ccccc7)c6)c54)n3)c2)cc1. The lowest BCUT2D eigenvalue weighted by atomic mass is 10.0. The number of fused-ring (bicyclic) bond motifs is 7. The van der Waals surface area contributed by atoms with E-state index in [2.05, 4.69) is 185 Å². The van der Waals surface area contributed by atoms with E-state index in [1.54, 1.807) is 0 Å². The molecule has 0 radical (unpaired) electrons. The average Bonchev–Trinajstić information content (AvgIpc) is 3.80. The van der Waals surface area contributed by atoms with Gasteiger partial charge in [0.2, 0.25) is 5.95 Å². The lowest BCUT2D eigenvalue weighted by Crippen LogP contribution is -2.06. The summed E-state index contributed by atoms with van der Waals surface area (Å²) in [7, 11) is 0. The lowest BCUT2D eigenvalue weighted by molar-refractivity contribution is 0.955. The molecule has 3 aromatic heterocycles. The van der Waals surface area contributed by atoms with Crippen LogP contribution in [0.1, 0.15) is 0 Å². The molecule has 0 N–H and O–H groups in total. The maximum Gasteiger partial charge on any atom is 0.238 e. The first-order valence-corrected chi connectivity index (χ1v) is 18.9. The number of hydrogen-bond acceptors (Lipinski definition) is 3. The first-order valence-electron chi connectivity index (χ1n) is 18.9. The monoisotopic (exact) mass is 715 g/mol. The number of rotatable bonds is 6. The van der Waals surface area contributed by atoms with Gasteiger partial charge in [-0.25, -0.2) is 4.98 Å². The number of nitrogens with zero attached hydrogens (tertiary/aromatic N) is 5. The van der Waals surface area contributed by atoms with E-state index in [1.807, 2.05) is 24.3 Å². The summed E-state index contributed by atoms with van der Waals surface area (Å²) in [5.41, 5.74) is 11.9. The van der Waals surface area contributed by atoms with Crippen molar-refractivity contribution in [2.24, 2.45) is 0 Å². The van der Waals surface area contributed by atoms with Crippen LogP contribution in [0, 0.1) is 0 Å². The molecule has 11 aromatic rings. The lowest BCUT2D eigenvalue weighted by Gasteiger charge is -2.12. The number of hydrogen-bond donors (Lipinski definition) is 0. The Morgan fingerprint density at radius 3 is 1.52 bits per heavy atom. The minimum Gasteiger partial charge on any atom is -0.309 e. The third kappa shape index (κ3) is 5.21. The Morgan fingerprint density at radius 1 is 0.304 bits per heavy atom. The predicted octanol–water partition coefficient (Wildman–Crippen LogP) is 12.7. The van der Waals surface area contributed by atoms with Crippen LogP contribution in [-0.2, 0) is 0 Å². The van der Waals surface area contributed by atoms with Crippen LogP contribution in [0.25, 0.3) is 100 Å². The molecule has 0 amide bonds. The molecule has 0 saturated carbocycles. The Hall–Kier alpha value is -7.63. The van der Waals surface area contributed by atoms with Gasteiger partial charge in [0.25, 0.3) is 0 Å². The van der Waals surface area contributed by atoms with Crippen LogP contribution in [-0.4, -0.2) is 24.1 Å². The highest BCUT2D eigenvalue weighted by molar-refractivity contribution is 6.26. The molecule has 0 aliphatic rings. The average molecular weight is 716 g/mol. The summed E-state index contributed by atoms with van der Waals surface area (Å²) in [6.07, 6.45) is 0. The second-order valence-corrected chi connectivity index (χ2v) is 14.1. The molecule has 262 valence electrons. The highest BCUT2D eigenvalue weighted by Crippen LogP contribution is 2.42. The first kappa shape index (κ1) is 31.9. The summed E-state index contributed by atoms with van der Waals surface area (Å²) in [6, 6.07) is 70.3. The maximum atomic E-state index is 5.34. The van der Waals surface area contributed by atoms with Crippen LogP contribution in [0.2, 0.25) is 0 Å². The largest absolute Gasteiger partial charge is 0.309 e. The molecule has 8 aromatic carbocycles. The van der Waals surface area contributed by atoms with E-state index in [9.17, 15) is 0 Å². The zero-order chi connectivity index (χ0) is 37.0. The van der Waals surface area contributed by atoms with Gasteiger partial charge in [-0.1, -0.05) is 164 Å². The van der Waals surface area contributed by atoms with Gasteiger partial charge < -0.3 is 4.57 Å². The second-order valence-electron chi connectivity index (χ2n) is 14.1. The van der Waals surface area contributed by atoms with E-state index in [1.165, 1.54) is 11.1 Å².